The summed E-state index contributed by atoms with van der Waals surface area (Å²) in [6.07, 6.45) is 1.62. The van der Waals surface area contributed by atoms with Crippen molar-refractivity contribution in [3.05, 3.63) is 12.7 Å². The van der Waals surface area contributed by atoms with Crippen LogP contribution in [0.2, 0.25) is 0 Å². The number of rotatable bonds is 3. The van der Waals surface area contributed by atoms with Crippen LogP contribution in [0.3, 0.4) is 0 Å². The molecule has 0 bridgehead atoms. The van der Waals surface area contributed by atoms with Gasteiger partial charge < -0.3 is 0 Å². The first-order valence-corrected chi connectivity index (χ1v) is 4.55. The smallest absolute Gasteiger partial charge is 0.195 e. The van der Waals surface area contributed by atoms with Crippen LogP contribution in [0.1, 0.15) is 0 Å². The summed E-state index contributed by atoms with van der Waals surface area (Å²) >= 11 is 0. The number of allylic oxidation sites excluding steroid dienone is 1. The summed E-state index contributed by atoms with van der Waals surface area (Å²) in [4.78, 5) is 6.22. The summed E-state index contributed by atoms with van der Waals surface area (Å²) in [7, 11) is 12.1. The van der Waals surface area contributed by atoms with E-state index in [1.54, 1.807) is 6.08 Å². The quantitative estimate of drug-likeness (QED) is 0.480. The van der Waals surface area contributed by atoms with Crippen LogP contribution >= 0.6 is 0 Å². The molecule has 0 saturated carbocycles. The molecule has 0 aromatic rings. The zero-order valence-electron chi connectivity index (χ0n) is 10.1. The normalized spacial score (nSPS) is 11.8. The fourth-order valence-corrected chi connectivity index (χ4v) is 1.68. The first-order valence-electron chi connectivity index (χ1n) is 4.55. The Bertz CT molecular complexity index is 221. The lowest BCUT2D eigenvalue weighted by molar-refractivity contribution is -0.0570. The third-order valence-corrected chi connectivity index (χ3v) is 2.21. The Hall–Kier alpha value is -0.820. The second-order valence-corrected chi connectivity index (χ2v) is 3.79. The van der Waals surface area contributed by atoms with Crippen LogP contribution in [0, 0.1) is 11.8 Å². The van der Waals surface area contributed by atoms with Gasteiger partial charge in [-0.05, 0) is 54.3 Å². The van der Waals surface area contributed by atoms with Crippen molar-refractivity contribution in [1.82, 2.24) is 14.7 Å². The molecule has 0 aliphatic heterocycles. The van der Waals surface area contributed by atoms with Gasteiger partial charge in [0, 0.05) is 0 Å². The fourth-order valence-electron chi connectivity index (χ4n) is 1.68. The highest BCUT2D eigenvalue weighted by molar-refractivity contribution is 5.21. The number of hydrogen-bond acceptors (Lipinski definition) is 3. The first kappa shape index (κ1) is 13.2. The van der Waals surface area contributed by atoms with Crippen molar-refractivity contribution in [2.24, 2.45) is 0 Å². The van der Waals surface area contributed by atoms with Gasteiger partial charge in [-0.1, -0.05) is 12.5 Å². The van der Waals surface area contributed by atoms with Gasteiger partial charge >= 0.3 is 0 Å². The molecule has 80 valence electrons. The van der Waals surface area contributed by atoms with E-state index in [4.69, 9.17) is 0 Å². The van der Waals surface area contributed by atoms with E-state index in [1.807, 2.05) is 42.3 Å². The van der Waals surface area contributed by atoms with E-state index in [0.29, 0.717) is 0 Å². The van der Waals surface area contributed by atoms with Gasteiger partial charge in [0.1, 0.15) is 0 Å². The minimum absolute atomic E-state index is 0.381. The van der Waals surface area contributed by atoms with Crippen LogP contribution in [0.4, 0.5) is 0 Å². The number of hydrogen-bond donors (Lipinski definition) is 0. The fraction of sp³-hybridized carbons (Fsp3) is 0.636. The van der Waals surface area contributed by atoms with Crippen LogP contribution in [0.15, 0.2) is 12.7 Å². The average molecular weight is 195 g/mol. The molecule has 0 rings (SSSR count). The van der Waals surface area contributed by atoms with Crippen molar-refractivity contribution in [1.29, 1.82) is 0 Å². The van der Waals surface area contributed by atoms with Crippen molar-refractivity contribution >= 4 is 0 Å². The minimum atomic E-state index is -0.381. The van der Waals surface area contributed by atoms with Crippen molar-refractivity contribution in [3.8, 4) is 11.8 Å². The van der Waals surface area contributed by atoms with E-state index < -0.39 is 0 Å². The second kappa shape index (κ2) is 5.16. The molecular weight excluding hydrogens is 174 g/mol. The molecule has 0 aromatic carbocycles. The molecule has 0 aromatic heterocycles. The summed E-state index contributed by atoms with van der Waals surface area (Å²) in [6.45, 7) is 3.61. The van der Waals surface area contributed by atoms with Crippen molar-refractivity contribution in [3.63, 3.8) is 0 Å². The van der Waals surface area contributed by atoms with Crippen molar-refractivity contribution in [2.75, 3.05) is 42.3 Å². The lowest BCUT2D eigenvalue weighted by atomic mass is 10.2. The van der Waals surface area contributed by atoms with E-state index >= 15 is 0 Å². The van der Waals surface area contributed by atoms with Crippen LogP contribution in [-0.2, 0) is 0 Å². The van der Waals surface area contributed by atoms with Gasteiger partial charge in [-0.15, -0.1) is 0 Å². The highest BCUT2D eigenvalue weighted by Crippen LogP contribution is 2.16. The molecule has 0 saturated heterocycles. The SMILES string of the molecule is C=CC#CC(N(C)C)(N(C)C)N(C)C. The van der Waals surface area contributed by atoms with Crippen LogP contribution < -0.4 is 0 Å². The molecule has 0 aliphatic carbocycles. The lowest BCUT2D eigenvalue weighted by Crippen LogP contribution is -2.63. The zero-order valence-corrected chi connectivity index (χ0v) is 10.1. The molecular formula is C11H21N3. The van der Waals surface area contributed by atoms with Gasteiger partial charge in [-0.25, -0.2) is 0 Å². The summed E-state index contributed by atoms with van der Waals surface area (Å²) in [5.74, 6) is 5.73. The Morgan fingerprint density at radius 1 is 0.929 bits per heavy atom. The molecule has 0 spiro atoms. The molecule has 0 amide bonds. The maximum Gasteiger partial charge on any atom is 0.195 e. The monoisotopic (exact) mass is 195 g/mol. The van der Waals surface area contributed by atoms with E-state index in [0.717, 1.165) is 0 Å². The van der Waals surface area contributed by atoms with E-state index in [1.165, 1.54) is 0 Å². The maximum atomic E-state index is 3.61. The highest BCUT2D eigenvalue weighted by atomic mass is 15.5. The van der Waals surface area contributed by atoms with Gasteiger partial charge in [0.25, 0.3) is 0 Å². The summed E-state index contributed by atoms with van der Waals surface area (Å²) in [5.41, 5.74) is 0. The Balaban J connectivity index is 5.26. The standard InChI is InChI=1S/C11H21N3/c1-8-9-10-11(12(2)3,13(4)5)14(6)7/h8H,1H2,2-7H3. The van der Waals surface area contributed by atoms with Crippen LogP contribution in [-0.4, -0.2) is 62.8 Å². The third-order valence-electron chi connectivity index (χ3n) is 2.21. The molecule has 0 atom stereocenters. The molecule has 3 nitrogen and oxygen atoms in total. The second-order valence-electron chi connectivity index (χ2n) is 3.79. The topological polar surface area (TPSA) is 9.72 Å². The summed E-state index contributed by atoms with van der Waals surface area (Å²) in [6, 6.07) is 0. The molecule has 0 radical (unpaired) electrons. The predicted molar refractivity (Wildman–Crippen MR) is 61.8 cm³/mol. The molecule has 0 unspecified atom stereocenters. The zero-order chi connectivity index (χ0) is 11.4. The Morgan fingerprint density at radius 2 is 1.29 bits per heavy atom. The molecule has 14 heavy (non-hydrogen) atoms. The van der Waals surface area contributed by atoms with Crippen molar-refractivity contribution in [2.45, 2.75) is 5.79 Å². The molecule has 0 fully saturated rings. The minimum Gasteiger partial charge on any atom is -0.268 e. The van der Waals surface area contributed by atoms with E-state index in [9.17, 15) is 0 Å². The first-order chi connectivity index (χ1) is 6.39. The molecule has 3 heteroatoms. The highest BCUT2D eigenvalue weighted by Gasteiger charge is 2.35. The van der Waals surface area contributed by atoms with Crippen LogP contribution in [0.25, 0.3) is 0 Å². The van der Waals surface area contributed by atoms with E-state index in [2.05, 4.69) is 33.1 Å². The summed E-state index contributed by atoms with van der Waals surface area (Å²) in [5, 5.41) is 0. The third kappa shape index (κ3) is 2.36. The Morgan fingerprint density at radius 3 is 1.50 bits per heavy atom. The van der Waals surface area contributed by atoms with Gasteiger partial charge in [-0.3, -0.25) is 14.7 Å². The summed E-state index contributed by atoms with van der Waals surface area (Å²) < 4.78 is 0. The van der Waals surface area contributed by atoms with E-state index in [-0.39, 0.29) is 5.79 Å². The Kier molecular flexibility index (Phi) is 4.86. The Labute approximate surface area is 88.0 Å². The largest absolute Gasteiger partial charge is 0.268 e. The average Bonchev–Trinajstić information content (AvgIpc) is 2.03. The van der Waals surface area contributed by atoms with Gasteiger partial charge in [-0.2, -0.15) is 0 Å². The molecule has 0 aliphatic rings. The van der Waals surface area contributed by atoms with Gasteiger partial charge in [0.05, 0.1) is 0 Å². The molecule has 0 N–H and O–H groups in total. The number of nitrogens with zero attached hydrogens (tertiary/aromatic N) is 3. The lowest BCUT2D eigenvalue weighted by Gasteiger charge is -2.45. The van der Waals surface area contributed by atoms with Gasteiger partial charge in [0.15, 0.2) is 5.79 Å². The van der Waals surface area contributed by atoms with Gasteiger partial charge in [0.2, 0.25) is 0 Å². The predicted octanol–water partition coefficient (Wildman–Crippen LogP) is 0.514. The van der Waals surface area contributed by atoms with Crippen molar-refractivity contribution < 1.29 is 0 Å². The van der Waals surface area contributed by atoms with Crippen LogP contribution in [0.5, 0.6) is 0 Å². The maximum absolute atomic E-state index is 3.61. The molecule has 0 heterocycles.